The smallest absolute Gasteiger partial charge is 0.123 e. The van der Waals surface area contributed by atoms with Gasteiger partial charge in [-0.05, 0) is 67.4 Å². The molecule has 2 aromatic rings. The maximum Gasteiger partial charge on any atom is 0.123 e. The summed E-state index contributed by atoms with van der Waals surface area (Å²) in [6.07, 6.45) is 5.96. The summed E-state index contributed by atoms with van der Waals surface area (Å²) < 4.78 is 0. The number of phenolic OH excluding ortho intramolecular Hbond substituents is 2. The van der Waals surface area contributed by atoms with Gasteiger partial charge in [0.25, 0.3) is 0 Å². The van der Waals surface area contributed by atoms with Gasteiger partial charge in [0.2, 0.25) is 0 Å². The average Bonchev–Trinajstić information content (AvgIpc) is 2.73. The van der Waals surface area contributed by atoms with Gasteiger partial charge in [-0.3, -0.25) is 0 Å². The standard InChI is InChI=1S/C37H60O2/c1-24(2)18-16-15-17-19-27(25-20-28(34(3,4)5)32(38)29(21-25)35(6,7)8)26-22-30(36(9,10)11)33(39)31(23-26)37(12,13)14/h20-24,27,38-39H,15-19H2,1-14H3. The molecule has 0 atom stereocenters. The zero-order chi connectivity index (χ0) is 30.1. The van der Waals surface area contributed by atoms with Crippen molar-refractivity contribution in [1.82, 2.24) is 0 Å². The summed E-state index contributed by atoms with van der Waals surface area (Å²) >= 11 is 0. The molecule has 0 aliphatic rings. The largest absolute Gasteiger partial charge is 0.507 e. The number of hydrogen-bond acceptors (Lipinski definition) is 2. The summed E-state index contributed by atoms with van der Waals surface area (Å²) in [6, 6.07) is 9.07. The fourth-order valence-corrected chi connectivity index (χ4v) is 5.61. The normalized spacial score (nSPS) is 13.5. The molecule has 0 amide bonds. The van der Waals surface area contributed by atoms with Crippen LogP contribution in [0.1, 0.15) is 168 Å². The quantitative estimate of drug-likeness (QED) is 0.329. The van der Waals surface area contributed by atoms with Crippen molar-refractivity contribution in [3.63, 3.8) is 0 Å². The molecule has 220 valence electrons. The van der Waals surface area contributed by atoms with Crippen molar-refractivity contribution < 1.29 is 10.2 Å². The second-order valence-electron chi connectivity index (χ2n) is 16.5. The third-order valence-corrected chi connectivity index (χ3v) is 8.08. The Balaban J connectivity index is 2.85. The predicted octanol–water partition coefficient (Wildman–Crippen LogP) is 11.0. The average molecular weight is 537 g/mol. The molecule has 0 spiro atoms. The molecule has 0 aliphatic carbocycles. The zero-order valence-electron chi connectivity index (χ0n) is 27.9. The van der Waals surface area contributed by atoms with Crippen LogP contribution in [0.4, 0.5) is 0 Å². The molecule has 0 heterocycles. The Bertz CT molecular complexity index is 957. The van der Waals surface area contributed by atoms with E-state index in [0.717, 1.165) is 41.0 Å². The molecule has 0 saturated heterocycles. The third-order valence-electron chi connectivity index (χ3n) is 8.08. The summed E-state index contributed by atoms with van der Waals surface area (Å²) in [7, 11) is 0. The van der Waals surface area contributed by atoms with Crippen molar-refractivity contribution in [3.05, 3.63) is 57.6 Å². The van der Waals surface area contributed by atoms with Crippen LogP contribution in [-0.4, -0.2) is 10.2 Å². The maximum atomic E-state index is 11.4. The van der Waals surface area contributed by atoms with E-state index in [2.05, 4.69) is 121 Å². The van der Waals surface area contributed by atoms with Crippen LogP contribution in [-0.2, 0) is 21.7 Å². The van der Waals surface area contributed by atoms with Crippen molar-refractivity contribution in [2.75, 3.05) is 0 Å². The molecule has 0 aliphatic heterocycles. The number of aromatic hydroxyl groups is 2. The number of rotatable bonds is 8. The Hall–Kier alpha value is -1.96. The number of hydrogen-bond donors (Lipinski definition) is 2. The molecule has 2 N–H and O–H groups in total. The second kappa shape index (κ2) is 11.9. The van der Waals surface area contributed by atoms with E-state index < -0.39 is 0 Å². The molecule has 39 heavy (non-hydrogen) atoms. The van der Waals surface area contributed by atoms with Gasteiger partial charge in [0.1, 0.15) is 11.5 Å². The van der Waals surface area contributed by atoms with Crippen molar-refractivity contribution in [1.29, 1.82) is 0 Å². The summed E-state index contributed by atoms with van der Waals surface area (Å²) in [5, 5.41) is 22.9. The molecule has 0 unspecified atom stereocenters. The second-order valence-corrected chi connectivity index (χ2v) is 16.5. The lowest BCUT2D eigenvalue weighted by molar-refractivity contribution is 0.421. The van der Waals surface area contributed by atoms with Crippen molar-refractivity contribution in [3.8, 4) is 11.5 Å². The lowest BCUT2D eigenvalue weighted by Crippen LogP contribution is -2.20. The molecule has 0 bridgehead atoms. The molecular formula is C37H60O2. The topological polar surface area (TPSA) is 40.5 Å². The summed E-state index contributed by atoms with van der Waals surface area (Å²) in [5.74, 6) is 1.80. The number of unbranched alkanes of at least 4 members (excludes halogenated alkanes) is 2. The Labute approximate surface area is 241 Å². The molecule has 2 nitrogen and oxygen atoms in total. The van der Waals surface area contributed by atoms with E-state index in [4.69, 9.17) is 0 Å². The highest BCUT2D eigenvalue weighted by Gasteiger charge is 2.31. The summed E-state index contributed by atoms with van der Waals surface area (Å²) in [5.41, 5.74) is 5.90. The van der Waals surface area contributed by atoms with E-state index >= 15 is 0 Å². The Morgan fingerprint density at radius 3 is 1.03 bits per heavy atom. The first-order valence-electron chi connectivity index (χ1n) is 15.3. The minimum absolute atomic E-state index is 0.177. The highest BCUT2D eigenvalue weighted by Crippen LogP contribution is 2.46. The van der Waals surface area contributed by atoms with Crippen LogP contribution in [0.3, 0.4) is 0 Å². The fraction of sp³-hybridized carbons (Fsp3) is 0.676. The van der Waals surface area contributed by atoms with Crippen LogP contribution < -0.4 is 0 Å². The summed E-state index contributed by atoms with van der Waals surface area (Å²) in [4.78, 5) is 0. The van der Waals surface area contributed by atoms with Crippen LogP contribution in [0.15, 0.2) is 24.3 Å². The highest BCUT2D eigenvalue weighted by molar-refractivity contribution is 5.55. The third kappa shape index (κ3) is 8.51. The molecule has 2 aromatic carbocycles. The van der Waals surface area contributed by atoms with E-state index in [1.165, 1.54) is 30.4 Å². The van der Waals surface area contributed by atoms with Crippen molar-refractivity contribution >= 4 is 0 Å². The highest BCUT2D eigenvalue weighted by atomic mass is 16.3. The van der Waals surface area contributed by atoms with Gasteiger partial charge in [0.15, 0.2) is 0 Å². The molecule has 0 saturated carbocycles. The van der Waals surface area contributed by atoms with Gasteiger partial charge < -0.3 is 10.2 Å². The maximum absolute atomic E-state index is 11.4. The predicted molar refractivity (Wildman–Crippen MR) is 171 cm³/mol. The summed E-state index contributed by atoms with van der Waals surface area (Å²) in [6.45, 7) is 30.9. The fourth-order valence-electron chi connectivity index (χ4n) is 5.61. The van der Waals surface area contributed by atoms with Gasteiger partial charge in [-0.25, -0.2) is 0 Å². The molecule has 2 heteroatoms. The first kappa shape index (κ1) is 33.2. The Morgan fingerprint density at radius 2 is 0.769 bits per heavy atom. The first-order valence-corrected chi connectivity index (χ1v) is 15.3. The van der Waals surface area contributed by atoms with E-state index in [1.807, 2.05) is 0 Å². The van der Waals surface area contributed by atoms with E-state index in [0.29, 0.717) is 11.5 Å². The molecule has 0 radical (unpaired) electrons. The zero-order valence-corrected chi connectivity index (χ0v) is 27.9. The van der Waals surface area contributed by atoms with Crippen LogP contribution in [0.2, 0.25) is 0 Å². The molecular weight excluding hydrogens is 476 g/mol. The van der Waals surface area contributed by atoms with Crippen LogP contribution in [0.25, 0.3) is 0 Å². The first-order chi connectivity index (χ1) is 17.5. The van der Waals surface area contributed by atoms with Gasteiger partial charge in [0.05, 0.1) is 0 Å². The van der Waals surface area contributed by atoms with Crippen LogP contribution in [0.5, 0.6) is 11.5 Å². The molecule has 2 rings (SSSR count). The van der Waals surface area contributed by atoms with Crippen LogP contribution >= 0.6 is 0 Å². The van der Waals surface area contributed by atoms with Gasteiger partial charge in [-0.1, -0.05) is 147 Å². The lowest BCUT2D eigenvalue weighted by atomic mass is 9.73. The van der Waals surface area contributed by atoms with E-state index in [9.17, 15) is 10.2 Å². The minimum atomic E-state index is -0.177. The van der Waals surface area contributed by atoms with Crippen molar-refractivity contribution in [2.45, 2.75) is 157 Å². The van der Waals surface area contributed by atoms with Gasteiger partial charge in [0, 0.05) is 5.92 Å². The van der Waals surface area contributed by atoms with Gasteiger partial charge in [-0.15, -0.1) is 0 Å². The number of phenols is 2. The molecule has 0 fully saturated rings. The SMILES string of the molecule is CC(C)CCCCCC(c1cc(C(C)(C)C)c(O)c(C(C)(C)C)c1)c1cc(C(C)(C)C)c(O)c(C(C)(C)C)c1. The van der Waals surface area contributed by atoms with E-state index in [-0.39, 0.29) is 27.6 Å². The van der Waals surface area contributed by atoms with Gasteiger partial charge in [-0.2, -0.15) is 0 Å². The van der Waals surface area contributed by atoms with Crippen LogP contribution in [0, 0.1) is 5.92 Å². The Morgan fingerprint density at radius 1 is 0.487 bits per heavy atom. The minimum Gasteiger partial charge on any atom is -0.507 e. The molecule has 0 aromatic heterocycles. The van der Waals surface area contributed by atoms with Gasteiger partial charge >= 0.3 is 0 Å². The Kier molecular flexibility index (Phi) is 10.1. The van der Waals surface area contributed by atoms with Crippen molar-refractivity contribution in [2.24, 2.45) is 5.92 Å². The number of benzene rings is 2. The monoisotopic (exact) mass is 536 g/mol. The van der Waals surface area contributed by atoms with E-state index in [1.54, 1.807) is 0 Å². The lowest BCUT2D eigenvalue weighted by Gasteiger charge is -2.32.